The van der Waals surface area contributed by atoms with Gasteiger partial charge in [-0.3, -0.25) is 9.62 Å². The number of fused-ring (bicyclic) bond motifs is 1. The van der Waals surface area contributed by atoms with Crippen LogP contribution in [-0.4, -0.2) is 38.3 Å². The van der Waals surface area contributed by atoms with Crippen LogP contribution in [0.4, 0.5) is 20.6 Å². The summed E-state index contributed by atoms with van der Waals surface area (Å²) in [5.41, 5.74) is 6.08. The van der Waals surface area contributed by atoms with E-state index in [1.54, 1.807) is 6.92 Å². The highest BCUT2D eigenvalue weighted by molar-refractivity contribution is 7.92. The average Bonchev–Trinajstić information content (AvgIpc) is 2.60. The van der Waals surface area contributed by atoms with Gasteiger partial charge >= 0.3 is 6.09 Å². The number of nitrogens with one attached hydrogen (secondary N) is 1. The van der Waals surface area contributed by atoms with Crippen LogP contribution in [0.5, 0.6) is 5.75 Å². The standard InChI is InChI=1S/C17H18FN3O5S/c1-10-16(9-19)26-15-7-4-12(20-17(22)23)8-14(15)21(10)27(24,25)13-5-2-11(18)3-6-13/h2-8,10,16,20H,9,19H2,1H3,(H,22,23)/t10-,16-/m0/s1. The minimum absolute atomic E-state index is 0.0746. The van der Waals surface area contributed by atoms with Gasteiger partial charge in [0.2, 0.25) is 0 Å². The highest BCUT2D eigenvalue weighted by Gasteiger charge is 2.40. The van der Waals surface area contributed by atoms with Crippen molar-refractivity contribution in [2.45, 2.75) is 24.0 Å². The lowest BCUT2D eigenvalue weighted by Crippen LogP contribution is -2.53. The van der Waals surface area contributed by atoms with Crippen molar-refractivity contribution in [3.05, 3.63) is 48.3 Å². The number of nitrogens with two attached hydrogens (primary N) is 1. The zero-order valence-corrected chi connectivity index (χ0v) is 15.1. The zero-order chi connectivity index (χ0) is 19.8. The number of ether oxygens (including phenoxy) is 1. The smallest absolute Gasteiger partial charge is 0.409 e. The fourth-order valence-electron chi connectivity index (χ4n) is 2.94. The summed E-state index contributed by atoms with van der Waals surface area (Å²) in [6, 6.07) is 8.09. The first-order chi connectivity index (χ1) is 12.7. The van der Waals surface area contributed by atoms with Gasteiger partial charge in [-0.25, -0.2) is 17.6 Å². The molecule has 0 unspecified atom stereocenters. The van der Waals surface area contributed by atoms with E-state index in [0.29, 0.717) is 0 Å². The molecule has 2 atom stereocenters. The van der Waals surface area contributed by atoms with E-state index in [-0.39, 0.29) is 28.6 Å². The Labute approximate surface area is 155 Å². The average molecular weight is 395 g/mol. The lowest BCUT2D eigenvalue weighted by Gasteiger charge is -2.40. The third-order valence-electron chi connectivity index (χ3n) is 4.24. The molecule has 0 fully saturated rings. The number of halogens is 1. The monoisotopic (exact) mass is 395 g/mol. The highest BCUT2D eigenvalue weighted by atomic mass is 32.2. The Bertz CT molecular complexity index is 965. The van der Waals surface area contributed by atoms with E-state index in [4.69, 9.17) is 15.6 Å². The SMILES string of the molecule is C[C@H]1[C@H](CN)Oc2ccc(NC(=O)O)cc2N1S(=O)(=O)c1ccc(F)cc1. The molecule has 1 amide bonds. The van der Waals surface area contributed by atoms with Crippen LogP contribution in [-0.2, 0) is 10.0 Å². The molecule has 144 valence electrons. The topological polar surface area (TPSA) is 122 Å². The van der Waals surface area contributed by atoms with Crippen molar-refractivity contribution in [3.63, 3.8) is 0 Å². The molecule has 1 heterocycles. The summed E-state index contributed by atoms with van der Waals surface area (Å²) in [5.74, 6) is -0.303. The van der Waals surface area contributed by atoms with Crippen molar-refractivity contribution in [2.75, 3.05) is 16.2 Å². The number of sulfonamides is 1. The number of carboxylic acid groups (broad SMARTS) is 1. The van der Waals surface area contributed by atoms with Crippen LogP contribution in [0.3, 0.4) is 0 Å². The highest BCUT2D eigenvalue weighted by Crippen LogP contribution is 2.41. The first kappa shape index (κ1) is 18.9. The van der Waals surface area contributed by atoms with E-state index in [2.05, 4.69) is 5.32 Å². The predicted molar refractivity (Wildman–Crippen MR) is 97.1 cm³/mol. The molecule has 4 N–H and O–H groups in total. The molecule has 2 aromatic rings. The Balaban J connectivity index is 2.15. The molecule has 27 heavy (non-hydrogen) atoms. The molecule has 8 nitrogen and oxygen atoms in total. The molecule has 1 aliphatic rings. The van der Waals surface area contributed by atoms with Crippen LogP contribution < -0.4 is 20.1 Å². The molecule has 0 aliphatic carbocycles. The van der Waals surface area contributed by atoms with Crippen molar-refractivity contribution in [1.29, 1.82) is 0 Å². The van der Waals surface area contributed by atoms with Gasteiger partial charge in [-0.15, -0.1) is 0 Å². The summed E-state index contributed by atoms with van der Waals surface area (Å²) >= 11 is 0. The van der Waals surface area contributed by atoms with Crippen LogP contribution in [0.2, 0.25) is 0 Å². The van der Waals surface area contributed by atoms with Gasteiger partial charge in [0.05, 0.1) is 16.6 Å². The molecule has 1 aliphatic heterocycles. The predicted octanol–water partition coefficient (Wildman–Crippen LogP) is 2.22. The van der Waals surface area contributed by atoms with E-state index in [1.807, 2.05) is 0 Å². The van der Waals surface area contributed by atoms with E-state index in [0.717, 1.165) is 16.4 Å². The van der Waals surface area contributed by atoms with E-state index < -0.39 is 34.1 Å². The number of nitrogens with zero attached hydrogens (tertiary/aromatic N) is 1. The van der Waals surface area contributed by atoms with E-state index in [1.165, 1.54) is 30.3 Å². The molecular formula is C17H18FN3O5S. The van der Waals surface area contributed by atoms with Crippen molar-refractivity contribution >= 4 is 27.5 Å². The van der Waals surface area contributed by atoms with Crippen LogP contribution in [0.1, 0.15) is 6.92 Å². The molecule has 2 aromatic carbocycles. The van der Waals surface area contributed by atoms with Gasteiger partial charge in [0.15, 0.2) is 0 Å². The van der Waals surface area contributed by atoms with Crippen molar-refractivity contribution < 1.29 is 27.4 Å². The van der Waals surface area contributed by atoms with Gasteiger partial charge in [-0.1, -0.05) is 0 Å². The van der Waals surface area contributed by atoms with Crippen molar-refractivity contribution in [2.24, 2.45) is 5.73 Å². The van der Waals surface area contributed by atoms with Crippen LogP contribution >= 0.6 is 0 Å². The van der Waals surface area contributed by atoms with E-state index >= 15 is 0 Å². The quantitative estimate of drug-likeness (QED) is 0.730. The molecule has 0 aromatic heterocycles. The summed E-state index contributed by atoms with van der Waals surface area (Å²) in [7, 11) is -4.07. The van der Waals surface area contributed by atoms with Gasteiger partial charge in [0.1, 0.15) is 17.7 Å². The number of benzene rings is 2. The Morgan fingerprint density at radius 3 is 2.56 bits per heavy atom. The molecular weight excluding hydrogens is 377 g/mol. The normalized spacial score (nSPS) is 19.1. The fourth-order valence-corrected chi connectivity index (χ4v) is 4.62. The minimum atomic E-state index is -4.07. The van der Waals surface area contributed by atoms with E-state index in [9.17, 15) is 17.6 Å². The summed E-state index contributed by atoms with van der Waals surface area (Å²) in [4.78, 5) is 10.8. The second kappa shape index (κ2) is 7.05. The first-order valence-electron chi connectivity index (χ1n) is 8.04. The molecule has 0 saturated carbocycles. The maximum atomic E-state index is 13.2. The third kappa shape index (κ3) is 3.53. The molecule has 0 spiro atoms. The van der Waals surface area contributed by atoms with Crippen LogP contribution in [0.25, 0.3) is 0 Å². The number of hydrogen-bond acceptors (Lipinski definition) is 5. The third-order valence-corrected chi connectivity index (χ3v) is 6.15. The number of amides is 1. The van der Waals surface area contributed by atoms with Gasteiger partial charge in [0.25, 0.3) is 10.0 Å². The summed E-state index contributed by atoms with van der Waals surface area (Å²) in [5, 5.41) is 11.1. The maximum Gasteiger partial charge on any atom is 0.409 e. The number of anilines is 2. The molecule has 10 heteroatoms. The fraction of sp³-hybridized carbons (Fsp3) is 0.235. The van der Waals surface area contributed by atoms with Crippen LogP contribution in [0, 0.1) is 5.82 Å². The zero-order valence-electron chi connectivity index (χ0n) is 14.3. The molecule has 0 radical (unpaired) electrons. The second-order valence-electron chi connectivity index (χ2n) is 6.00. The lowest BCUT2D eigenvalue weighted by atomic mass is 10.1. The molecule has 3 rings (SSSR count). The lowest BCUT2D eigenvalue weighted by molar-refractivity contribution is 0.174. The van der Waals surface area contributed by atoms with Crippen molar-refractivity contribution in [3.8, 4) is 5.75 Å². The Kier molecular flexibility index (Phi) is 4.94. The Hall–Kier alpha value is -2.85. The Morgan fingerprint density at radius 2 is 1.96 bits per heavy atom. The number of hydrogen-bond donors (Lipinski definition) is 3. The van der Waals surface area contributed by atoms with Gasteiger partial charge in [-0.2, -0.15) is 0 Å². The summed E-state index contributed by atoms with van der Waals surface area (Å²) in [6.45, 7) is 1.71. The van der Waals surface area contributed by atoms with Gasteiger partial charge in [-0.05, 0) is 49.4 Å². The summed E-state index contributed by atoms with van der Waals surface area (Å²) in [6.07, 6.45) is -1.89. The molecule has 0 bridgehead atoms. The first-order valence-corrected chi connectivity index (χ1v) is 9.49. The van der Waals surface area contributed by atoms with Gasteiger partial charge in [0, 0.05) is 12.2 Å². The maximum absolute atomic E-state index is 13.2. The van der Waals surface area contributed by atoms with Gasteiger partial charge < -0.3 is 15.6 Å². The second-order valence-corrected chi connectivity index (χ2v) is 7.81. The largest absolute Gasteiger partial charge is 0.485 e. The minimum Gasteiger partial charge on any atom is -0.485 e. The number of rotatable bonds is 4. The molecule has 0 saturated heterocycles. The summed E-state index contributed by atoms with van der Waals surface area (Å²) < 4.78 is 46.6. The van der Waals surface area contributed by atoms with Crippen molar-refractivity contribution in [1.82, 2.24) is 0 Å². The van der Waals surface area contributed by atoms with Crippen LogP contribution in [0.15, 0.2) is 47.4 Å². The Morgan fingerprint density at radius 1 is 1.30 bits per heavy atom. The number of carbonyl (C=O) groups is 1.